The number of hydrogen-bond acceptors (Lipinski definition) is 8. The molecule has 12 heteroatoms. The Morgan fingerprint density at radius 3 is 2.68 bits per heavy atom. The number of hydrogen-bond donors (Lipinski definition) is 3. The fourth-order valence-corrected chi connectivity index (χ4v) is 2.61. The number of nitrogens with zero attached hydrogens (tertiary/aromatic N) is 5. The molecule has 0 saturated carbocycles. The molecule has 164 valence electrons. The lowest BCUT2D eigenvalue weighted by Crippen LogP contribution is -2.26. The second-order valence-electron chi connectivity index (χ2n) is 6.10. The zero-order chi connectivity index (χ0) is 22.6. The predicted octanol–water partition coefficient (Wildman–Crippen LogP) is 0.776. The molecule has 1 aromatic carbocycles. The lowest BCUT2D eigenvalue weighted by Gasteiger charge is -2.09. The van der Waals surface area contributed by atoms with Gasteiger partial charge in [-0.25, -0.2) is 14.4 Å². The van der Waals surface area contributed by atoms with Crippen LogP contribution in [0.1, 0.15) is 16.2 Å². The summed E-state index contributed by atoms with van der Waals surface area (Å²) in [7, 11) is 1.62. The highest BCUT2D eigenvalue weighted by molar-refractivity contribution is 5.95. The van der Waals surface area contributed by atoms with Crippen molar-refractivity contribution in [1.29, 1.82) is 0 Å². The van der Waals surface area contributed by atoms with E-state index in [9.17, 15) is 9.18 Å². The Bertz CT molecular complexity index is 995. The number of carbonyl (C=O) groups is 2. The molecule has 2 aromatic heterocycles. The molecule has 3 aromatic rings. The van der Waals surface area contributed by atoms with Gasteiger partial charge in [0.25, 0.3) is 12.4 Å². The second-order valence-corrected chi connectivity index (χ2v) is 6.10. The maximum atomic E-state index is 14.0. The lowest BCUT2D eigenvalue weighted by atomic mass is 10.0. The molecule has 0 radical (unpaired) electrons. The van der Waals surface area contributed by atoms with E-state index in [-0.39, 0.29) is 23.9 Å². The van der Waals surface area contributed by atoms with Gasteiger partial charge in [-0.3, -0.25) is 9.59 Å². The third-order valence-electron chi connectivity index (χ3n) is 4.03. The van der Waals surface area contributed by atoms with E-state index in [1.165, 1.54) is 24.5 Å². The van der Waals surface area contributed by atoms with Crippen LogP contribution in [-0.4, -0.2) is 62.5 Å². The summed E-state index contributed by atoms with van der Waals surface area (Å²) in [6, 6.07) is 4.07. The number of ether oxygens (including phenoxy) is 1. The predicted molar refractivity (Wildman–Crippen MR) is 108 cm³/mol. The molecule has 0 saturated heterocycles. The van der Waals surface area contributed by atoms with E-state index in [2.05, 4.69) is 25.5 Å². The van der Waals surface area contributed by atoms with Gasteiger partial charge in [0.15, 0.2) is 0 Å². The quantitative estimate of drug-likeness (QED) is 0.438. The van der Waals surface area contributed by atoms with Crippen molar-refractivity contribution in [3.05, 3.63) is 54.1 Å². The van der Waals surface area contributed by atoms with E-state index in [1.54, 1.807) is 19.5 Å². The third-order valence-corrected chi connectivity index (χ3v) is 4.03. The number of nitrogens with one attached hydrogen (secondary N) is 1. The number of benzene rings is 1. The minimum atomic E-state index is -0.529. The Kier molecular flexibility index (Phi) is 8.98. The van der Waals surface area contributed by atoms with Gasteiger partial charge in [-0.2, -0.15) is 0 Å². The van der Waals surface area contributed by atoms with E-state index >= 15 is 0 Å². The summed E-state index contributed by atoms with van der Waals surface area (Å²) in [5.74, 6) is -0.0633. The first-order valence-corrected chi connectivity index (χ1v) is 9.08. The molecule has 0 bridgehead atoms. The standard InChI is InChI=1S/C18H20FN7O2.CH2O2/c1-28-5-4-26-11-24-25-16(26)2-3-21-17(27)13-6-12(7-15(19)8-13)14-9-22-18(20)23-10-14;2-1-3/h6-11H,2-5H2,1H3,(H,21,27)(H2,20,22,23);1H,(H,2,3). The van der Waals surface area contributed by atoms with Crippen LogP contribution in [0.2, 0.25) is 0 Å². The van der Waals surface area contributed by atoms with Gasteiger partial charge < -0.3 is 25.5 Å². The molecule has 0 aliphatic heterocycles. The minimum absolute atomic E-state index is 0.122. The maximum Gasteiger partial charge on any atom is 0.290 e. The van der Waals surface area contributed by atoms with Gasteiger partial charge in [0.05, 0.1) is 6.61 Å². The highest BCUT2D eigenvalue weighted by Crippen LogP contribution is 2.21. The zero-order valence-corrected chi connectivity index (χ0v) is 16.7. The summed E-state index contributed by atoms with van der Waals surface area (Å²) >= 11 is 0. The second kappa shape index (κ2) is 11.9. The van der Waals surface area contributed by atoms with Crippen LogP contribution >= 0.6 is 0 Å². The van der Waals surface area contributed by atoms with Crippen molar-refractivity contribution in [2.75, 3.05) is 26.0 Å². The van der Waals surface area contributed by atoms with E-state index in [0.29, 0.717) is 37.2 Å². The first-order chi connectivity index (χ1) is 15.0. The molecule has 2 heterocycles. The number of nitrogen functional groups attached to an aromatic ring is 1. The minimum Gasteiger partial charge on any atom is -0.483 e. The van der Waals surface area contributed by atoms with Crippen molar-refractivity contribution in [3.63, 3.8) is 0 Å². The number of anilines is 1. The number of halogens is 1. The fraction of sp³-hybridized carbons (Fsp3) is 0.263. The SMILES string of the molecule is COCCn1cnnc1CCNC(=O)c1cc(F)cc(-c2cnc(N)nc2)c1.O=CO. The molecule has 3 rings (SSSR count). The van der Waals surface area contributed by atoms with Crippen LogP contribution in [0.4, 0.5) is 10.3 Å². The van der Waals surface area contributed by atoms with Crippen LogP contribution in [0.15, 0.2) is 36.9 Å². The van der Waals surface area contributed by atoms with Gasteiger partial charge in [-0.1, -0.05) is 0 Å². The number of carbonyl (C=O) groups excluding carboxylic acids is 1. The molecule has 1 amide bonds. The van der Waals surface area contributed by atoms with Crippen molar-refractivity contribution in [1.82, 2.24) is 30.0 Å². The van der Waals surface area contributed by atoms with Crippen molar-refractivity contribution < 1.29 is 23.8 Å². The van der Waals surface area contributed by atoms with Gasteiger partial charge in [0, 0.05) is 50.1 Å². The van der Waals surface area contributed by atoms with Gasteiger partial charge >= 0.3 is 0 Å². The molecule has 0 aliphatic carbocycles. The Morgan fingerprint density at radius 2 is 2.00 bits per heavy atom. The van der Waals surface area contributed by atoms with Crippen molar-refractivity contribution in [3.8, 4) is 11.1 Å². The highest BCUT2D eigenvalue weighted by atomic mass is 19.1. The summed E-state index contributed by atoms with van der Waals surface area (Å²) in [4.78, 5) is 28.6. The topological polar surface area (TPSA) is 158 Å². The Morgan fingerprint density at radius 1 is 1.29 bits per heavy atom. The number of carboxylic acid groups (broad SMARTS) is 1. The molecule has 0 spiro atoms. The third kappa shape index (κ3) is 7.12. The van der Waals surface area contributed by atoms with Gasteiger partial charge in [0.1, 0.15) is 18.0 Å². The van der Waals surface area contributed by atoms with Gasteiger partial charge in [-0.05, 0) is 23.8 Å². The van der Waals surface area contributed by atoms with Crippen molar-refractivity contribution in [2.24, 2.45) is 0 Å². The molecule has 0 fully saturated rings. The van der Waals surface area contributed by atoms with Gasteiger partial charge in [0.2, 0.25) is 5.95 Å². The molecule has 0 atom stereocenters. The van der Waals surface area contributed by atoms with E-state index < -0.39 is 5.82 Å². The Labute approximate surface area is 177 Å². The normalized spacial score (nSPS) is 10.1. The Balaban J connectivity index is 0.00000107. The average molecular weight is 431 g/mol. The van der Waals surface area contributed by atoms with Crippen LogP contribution in [0.3, 0.4) is 0 Å². The summed E-state index contributed by atoms with van der Waals surface area (Å²) in [5.41, 5.74) is 6.72. The number of amides is 1. The molecule has 4 N–H and O–H groups in total. The number of methoxy groups -OCH3 is 1. The van der Waals surface area contributed by atoms with Crippen molar-refractivity contribution >= 4 is 18.3 Å². The Hall–Kier alpha value is -3.93. The van der Waals surface area contributed by atoms with Crippen molar-refractivity contribution in [2.45, 2.75) is 13.0 Å². The van der Waals surface area contributed by atoms with Gasteiger partial charge in [-0.15, -0.1) is 10.2 Å². The van der Waals surface area contributed by atoms with Crippen LogP contribution in [0, 0.1) is 5.82 Å². The maximum absolute atomic E-state index is 14.0. The zero-order valence-electron chi connectivity index (χ0n) is 16.7. The molecule has 0 unspecified atom stereocenters. The molecule has 0 aliphatic rings. The van der Waals surface area contributed by atoms with E-state index in [0.717, 1.165) is 5.82 Å². The largest absolute Gasteiger partial charge is 0.483 e. The number of nitrogens with two attached hydrogens (primary N) is 1. The van der Waals surface area contributed by atoms with E-state index in [4.69, 9.17) is 20.4 Å². The average Bonchev–Trinajstić information content (AvgIpc) is 3.20. The summed E-state index contributed by atoms with van der Waals surface area (Å²) < 4.78 is 20.9. The monoisotopic (exact) mass is 431 g/mol. The van der Waals surface area contributed by atoms with Crippen LogP contribution in [-0.2, 0) is 22.5 Å². The van der Waals surface area contributed by atoms with Crippen LogP contribution < -0.4 is 11.1 Å². The first-order valence-electron chi connectivity index (χ1n) is 9.08. The summed E-state index contributed by atoms with van der Waals surface area (Å²) in [6.07, 6.45) is 5.06. The lowest BCUT2D eigenvalue weighted by molar-refractivity contribution is -0.122. The smallest absolute Gasteiger partial charge is 0.290 e. The summed E-state index contributed by atoms with van der Waals surface area (Å²) in [6.45, 7) is 1.25. The molecular weight excluding hydrogens is 409 g/mol. The summed E-state index contributed by atoms with van der Waals surface area (Å²) in [5, 5.41) is 17.6. The first kappa shape index (κ1) is 23.3. The highest BCUT2D eigenvalue weighted by Gasteiger charge is 2.11. The number of rotatable bonds is 8. The number of aromatic nitrogens is 5. The molecule has 31 heavy (non-hydrogen) atoms. The van der Waals surface area contributed by atoms with Crippen LogP contribution in [0.5, 0.6) is 0 Å². The van der Waals surface area contributed by atoms with E-state index in [1.807, 2.05) is 4.57 Å². The van der Waals surface area contributed by atoms with Crippen LogP contribution in [0.25, 0.3) is 11.1 Å². The fourth-order valence-electron chi connectivity index (χ4n) is 2.61. The molecular formula is C19H22FN7O4. The molecule has 11 nitrogen and oxygen atoms in total.